The predicted molar refractivity (Wildman–Crippen MR) is 64.6 cm³/mol. The third-order valence-corrected chi connectivity index (χ3v) is 1.73. The fourth-order valence-corrected chi connectivity index (χ4v) is 1.06. The highest BCUT2D eigenvalue weighted by molar-refractivity contribution is 5.42. The van der Waals surface area contributed by atoms with Gasteiger partial charge in [0.05, 0.1) is 0 Å². The summed E-state index contributed by atoms with van der Waals surface area (Å²) in [5.74, 6) is 0. The van der Waals surface area contributed by atoms with E-state index in [0.717, 1.165) is 25.9 Å². The normalized spacial score (nSPS) is 8.79. The van der Waals surface area contributed by atoms with Crippen LogP contribution in [0.3, 0.4) is 0 Å². The van der Waals surface area contributed by atoms with E-state index in [0.29, 0.717) is 0 Å². The van der Waals surface area contributed by atoms with Crippen molar-refractivity contribution >= 4 is 5.69 Å². The summed E-state index contributed by atoms with van der Waals surface area (Å²) >= 11 is 0. The molecule has 0 bridgehead atoms. The van der Waals surface area contributed by atoms with Crippen molar-refractivity contribution in [2.45, 2.75) is 26.7 Å². The van der Waals surface area contributed by atoms with Gasteiger partial charge in [0.15, 0.2) is 0 Å². The number of unbranched alkanes of at least 4 members (excludes halogenated alkanes) is 1. The molecular weight excluding hydrogens is 172 g/mol. The minimum absolute atomic E-state index is 0.788. The van der Waals surface area contributed by atoms with Crippen LogP contribution in [-0.2, 0) is 0 Å². The van der Waals surface area contributed by atoms with E-state index < -0.39 is 0 Å². The van der Waals surface area contributed by atoms with Gasteiger partial charge in [-0.3, -0.25) is 0 Å². The number of nitrogens with two attached hydrogens (primary N) is 1. The number of hydrogen-bond acceptors (Lipinski definition) is 2. The summed E-state index contributed by atoms with van der Waals surface area (Å²) in [6, 6.07) is 10.2. The number of nitrogens with one attached hydrogen (secondary N) is 1. The molecule has 0 heterocycles. The lowest BCUT2D eigenvalue weighted by Crippen LogP contribution is -2.05. The van der Waals surface area contributed by atoms with Gasteiger partial charge >= 0.3 is 0 Å². The summed E-state index contributed by atoms with van der Waals surface area (Å²) < 4.78 is 0. The summed E-state index contributed by atoms with van der Waals surface area (Å²) in [5.41, 5.74) is 6.57. The third kappa shape index (κ3) is 6.49. The molecule has 0 saturated heterocycles. The van der Waals surface area contributed by atoms with Gasteiger partial charge in [-0.2, -0.15) is 0 Å². The van der Waals surface area contributed by atoms with Crippen molar-refractivity contribution < 1.29 is 0 Å². The minimum Gasteiger partial charge on any atom is -0.385 e. The second kappa shape index (κ2) is 10.1. The molecule has 0 aliphatic heterocycles. The van der Waals surface area contributed by atoms with Gasteiger partial charge in [-0.15, -0.1) is 0 Å². The molecule has 0 amide bonds. The van der Waals surface area contributed by atoms with E-state index in [9.17, 15) is 0 Å². The molecule has 0 aromatic heterocycles. The predicted octanol–water partition coefficient (Wildman–Crippen LogP) is 2.86. The summed E-state index contributed by atoms with van der Waals surface area (Å²) in [7, 11) is 0. The van der Waals surface area contributed by atoms with E-state index in [1.807, 2.05) is 32.0 Å². The molecular formula is C12H22N2. The molecule has 2 nitrogen and oxygen atoms in total. The van der Waals surface area contributed by atoms with Crippen LogP contribution in [-0.4, -0.2) is 13.1 Å². The van der Waals surface area contributed by atoms with E-state index in [1.165, 1.54) is 5.69 Å². The molecule has 80 valence electrons. The second-order valence-electron chi connectivity index (χ2n) is 2.79. The zero-order valence-electron chi connectivity index (χ0n) is 9.29. The Balaban J connectivity index is 0.000000791. The molecule has 3 N–H and O–H groups in total. The first-order valence-corrected chi connectivity index (χ1v) is 5.42. The van der Waals surface area contributed by atoms with Crippen molar-refractivity contribution in [2.24, 2.45) is 5.73 Å². The molecule has 0 radical (unpaired) electrons. The fraction of sp³-hybridized carbons (Fsp3) is 0.500. The largest absolute Gasteiger partial charge is 0.385 e. The van der Waals surface area contributed by atoms with E-state index in [2.05, 4.69) is 17.4 Å². The molecule has 0 unspecified atom stereocenters. The van der Waals surface area contributed by atoms with Crippen LogP contribution in [0, 0.1) is 0 Å². The van der Waals surface area contributed by atoms with Gasteiger partial charge in [0.25, 0.3) is 0 Å². The number of rotatable bonds is 5. The van der Waals surface area contributed by atoms with Crippen molar-refractivity contribution in [3.63, 3.8) is 0 Å². The monoisotopic (exact) mass is 194 g/mol. The van der Waals surface area contributed by atoms with Crippen molar-refractivity contribution in [3.05, 3.63) is 30.3 Å². The number of anilines is 1. The molecule has 1 aromatic rings. The third-order valence-electron chi connectivity index (χ3n) is 1.73. The van der Waals surface area contributed by atoms with Crippen molar-refractivity contribution in [3.8, 4) is 0 Å². The van der Waals surface area contributed by atoms with Gasteiger partial charge in [0.2, 0.25) is 0 Å². The first-order valence-electron chi connectivity index (χ1n) is 5.42. The average molecular weight is 194 g/mol. The first-order chi connectivity index (χ1) is 6.93. The van der Waals surface area contributed by atoms with Crippen LogP contribution in [0.15, 0.2) is 30.3 Å². The molecule has 0 aliphatic carbocycles. The van der Waals surface area contributed by atoms with E-state index >= 15 is 0 Å². The smallest absolute Gasteiger partial charge is 0.0340 e. The Bertz CT molecular complexity index is 197. The Labute approximate surface area is 87.5 Å². The maximum atomic E-state index is 5.38. The second-order valence-corrected chi connectivity index (χ2v) is 2.79. The summed E-state index contributed by atoms with van der Waals surface area (Å²) in [6.07, 6.45) is 2.24. The Kier molecular flexibility index (Phi) is 9.33. The standard InChI is InChI=1S/C10H16N2.C2H6/c11-8-4-5-9-12-10-6-2-1-3-7-10;1-2/h1-3,6-7,12H,4-5,8-9,11H2;1-2H3. The van der Waals surface area contributed by atoms with Crippen LogP contribution < -0.4 is 11.1 Å². The van der Waals surface area contributed by atoms with Crippen LogP contribution in [0.4, 0.5) is 5.69 Å². The molecule has 0 saturated carbocycles. The van der Waals surface area contributed by atoms with Crippen LogP contribution in [0.25, 0.3) is 0 Å². The minimum atomic E-state index is 0.788. The van der Waals surface area contributed by atoms with Crippen LogP contribution >= 0.6 is 0 Å². The maximum Gasteiger partial charge on any atom is 0.0340 e. The fourth-order valence-electron chi connectivity index (χ4n) is 1.06. The lowest BCUT2D eigenvalue weighted by molar-refractivity contribution is 0.774. The zero-order chi connectivity index (χ0) is 10.6. The Morgan fingerprint density at radius 1 is 1.07 bits per heavy atom. The average Bonchev–Trinajstić information content (AvgIpc) is 2.29. The zero-order valence-corrected chi connectivity index (χ0v) is 9.29. The van der Waals surface area contributed by atoms with E-state index in [4.69, 9.17) is 5.73 Å². The first kappa shape index (κ1) is 13.0. The topological polar surface area (TPSA) is 38.0 Å². The lowest BCUT2D eigenvalue weighted by Gasteiger charge is -2.04. The van der Waals surface area contributed by atoms with Crippen LogP contribution in [0.2, 0.25) is 0 Å². The van der Waals surface area contributed by atoms with Crippen molar-refractivity contribution in [1.29, 1.82) is 0 Å². The summed E-state index contributed by atoms with van der Waals surface area (Å²) in [4.78, 5) is 0. The summed E-state index contributed by atoms with van der Waals surface area (Å²) in [6.45, 7) is 5.80. The lowest BCUT2D eigenvalue weighted by atomic mass is 10.3. The molecule has 0 aliphatic rings. The van der Waals surface area contributed by atoms with Crippen LogP contribution in [0.1, 0.15) is 26.7 Å². The Hall–Kier alpha value is -1.02. The van der Waals surface area contributed by atoms with E-state index in [1.54, 1.807) is 0 Å². The number of benzene rings is 1. The maximum absolute atomic E-state index is 5.38. The molecule has 1 rings (SSSR count). The summed E-state index contributed by atoms with van der Waals surface area (Å²) in [5, 5.41) is 3.32. The van der Waals surface area contributed by atoms with Gasteiger partial charge in [0.1, 0.15) is 0 Å². The van der Waals surface area contributed by atoms with Crippen molar-refractivity contribution in [1.82, 2.24) is 0 Å². The van der Waals surface area contributed by atoms with Crippen LogP contribution in [0.5, 0.6) is 0 Å². The van der Waals surface area contributed by atoms with E-state index in [-0.39, 0.29) is 0 Å². The van der Waals surface area contributed by atoms with Gasteiger partial charge < -0.3 is 11.1 Å². The Morgan fingerprint density at radius 3 is 2.29 bits per heavy atom. The molecule has 14 heavy (non-hydrogen) atoms. The molecule has 0 spiro atoms. The molecule has 0 atom stereocenters. The highest BCUT2D eigenvalue weighted by Gasteiger charge is 1.87. The SMILES string of the molecule is CC.NCCCCNc1ccccc1. The number of hydrogen-bond donors (Lipinski definition) is 2. The van der Waals surface area contributed by atoms with Gasteiger partial charge in [-0.1, -0.05) is 32.0 Å². The quantitative estimate of drug-likeness (QED) is 0.707. The van der Waals surface area contributed by atoms with Crippen molar-refractivity contribution in [2.75, 3.05) is 18.4 Å². The molecule has 2 heteroatoms. The molecule has 1 aromatic carbocycles. The van der Waals surface area contributed by atoms with Gasteiger partial charge in [-0.05, 0) is 31.5 Å². The highest BCUT2D eigenvalue weighted by atomic mass is 14.9. The molecule has 0 fully saturated rings. The highest BCUT2D eigenvalue weighted by Crippen LogP contribution is 2.04. The van der Waals surface area contributed by atoms with Gasteiger partial charge in [0, 0.05) is 12.2 Å². The van der Waals surface area contributed by atoms with Gasteiger partial charge in [-0.25, -0.2) is 0 Å². The Morgan fingerprint density at radius 2 is 1.71 bits per heavy atom. The number of para-hydroxylation sites is 1.